The van der Waals surface area contributed by atoms with Crippen LogP contribution in [-0.4, -0.2) is 23.7 Å². The number of hydrogen-bond donors (Lipinski definition) is 2. The normalized spacial score (nSPS) is 12.5. The first kappa shape index (κ1) is 12.9. The van der Waals surface area contributed by atoms with Gasteiger partial charge in [-0.05, 0) is 41.5 Å². The van der Waals surface area contributed by atoms with Gasteiger partial charge in [-0.25, -0.2) is 0 Å². The molecule has 0 aliphatic rings. The molecule has 0 bridgehead atoms. The summed E-state index contributed by atoms with van der Waals surface area (Å²) in [4.78, 5) is 11.5. The van der Waals surface area contributed by atoms with E-state index in [9.17, 15) is 9.90 Å². The van der Waals surface area contributed by atoms with Gasteiger partial charge in [0.15, 0.2) is 0 Å². The molecule has 0 fully saturated rings. The third-order valence-electron chi connectivity index (χ3n) is 2.06. The molecule has 1 aromatic rings. The van der Waals surface area contributed by atoms with Crippen LogP contribution in [-0.2, 0) is 0 Å². The van der Waals surface area contributed by atoms with E-state index in [0.717, 1.165) is 9.30 Å². The summed E-state index contributed by atoms with van der Waals surface area (Å²) < 4.78 is 1.10. The number of aliphatic hydroxyl groups is 1. The molecule has 0 aliphatic heterocycles. The maximum absolute atomic E-state index is 11.5. The van der Waals surface area contributed by atoms with Gasteiger partial charge in [-0.3, -0.25) is 4.79 Å². The fourth-order valence-electron chi connectivity index (χ4n) is 1.09. The highest BCUT2D eigenvalue weighted by molar-refractivity contribution is 14.1. The number of carbonyl (C=O) groups excluding carboxylic acids is 1. The number of amides is 1. The topological polar surface area (TPSA) is 49.3 Å². The second-order valence-corrected chi connectivity index (χ2v) is 6.05. The number of carbonyl (C=O) groups is 1. The molecule has 0 saturated carbocycles. The number of halogens is 1. The average Bonchev–Trinajstić information content (AvgIpc) is 2.64. The Labute approximate surface area is 107 Å². The summed E-state index contributed by atoms with van der Waals surface area (Å²) in [7, 11) is 0. The predicted molar refractivity (Wildman–Crippen MR) is 70.3 cm³/mol. The number of thiophene rings is 1. The molecule has 0 radical (unpaired) electrons. The van der Waals surface area contributed by atoms with Crippen LogP contribution in [0.2, 0.25) is 0 Å². The van der Waals surface area contributed by atoms with Gasteiger partial charge < -0.3 is 10.4 Å². The third-order valence-corrected chi connectivity index (χ3v) is 3.85. The summed E-state index contributed by atoms with van der Waals surface area (Å²) in [5, 5.41) is 13.9. The van der Waals surface area contributed by atoms with Crippen molar-refractivity contribution in [3.8, 4) is 0 Å². The van der Waals surface area contributed by atoms with Crippen molar-refractivity contribution in [3.63, 3.8) is 0 Å². The number of aliphatic hydroxyl groups excluding tert-OH is 1. The summed E-state index contributed by atoms with van der Waals surface area (Å²) in [5.74, 6) is -0.0579. The largest absolute Gasteiger partial charge is 0.393 e. The average molecular weight is 339 g/mol. The molecular formula is C10H14INO2S. The Kier molecular flexibility index (Phi) is 5.55. The van der Waals surface area contributed by atoms with Gasteiger partial charge in [0.25, 0.3) is 5.91 Å². The van der Waals surface area contributed by atoms with Crippen molar-refractivity contribution in [2.45, 2.75) is 25.9 Å². The van der Waals surface area contributed by atoms with Crippen molar-refractivity contribution in [2.24, 2.45) is 0 Å². The zero-order valence-corrected chi connectivity index (χ0v) is 11.5. The summed E-state index contributed by atoms with van der Waals surface area (Å²) in [5.41, 5.74) is 0.704. The SMILES string of the molecule is CC[C@H](O)CCNC(=O)c1csc(I)c1. The second-order valence-electron chi connectivity index (χ2n) is 3.25. The van der Waals surface area contributed by atoms with E-state index in [0.29, 0.717) is 18.5 Å². The smallest absolute Gasteiger partial charge is 0.252 e. The van der Waals surface area contributed by atoms with Crippen LogP contribution in [0.5, 0.6) is 0 Å². The van der Waals surface area contributed by atoms with Crippen LogP contribution in [0.3, 0.4) is 0 Å². The van der Waals surface area contributed by atoms with E-state index in [1.807, 2.05) is 18.4 Å². The van der Waals surface area contributed by atoms with Crippen LogP contribution >= 0.6 is 33.9 Å². The van der Waals surface area contributed by atoms with E-state index in [-0.39, 0.29) is 12.0 Å². The van der Waals surface area contributed by atoms with Gasteiger partial charge in [0.05, 0.1) is 14.6 Å². The Balaban J connectivity index is 2.31. The molecule has 0 aromatic carbocycles. The highest BCUT2D eigenvalue weighted by atomic mass is 127. The predicted octanol–water partition coefficient (Wildman–Crippen LogP) is 2.24. The van der Waals surface area contributed by atoms with Crippen molar-refractivity contribution >= 4 is 39.8 Å². The van der Waals surface area contributed by atoms with E-state index in [1.54, 1.807) is 11.3 Å². The molecule has 1 rings (SSSR count). The molecule has 2 N–H and O–H groups in total. The zero-order chi connectivity index (χ0) is 11.3. The lowest BCUT2D eigenvalue weighted by Gasteiger charge is -2.07. The van der Waals surface area contributed by atoms with Crippen molar-refractivity contribution < 1.29 is 9.90 Å². The molecule has 0 aliphatic carbocycles. The molecule has 0 saturated heterocycles. The van der Waals surface area contributed by atoms with Gasteiger partial charge in [-0.1, -0.05) is 6.92 Å². The molecule has 1 atom stereocenters. The molecule has 5 heteroatoms. The van der Waals surface area contributed by atoms with E-state index in [4.69, 9.17) is 0 Å². The molecule has 0 unspecified atom stereocenters. The van der Waals surface area contributed by atoms with Gasteiger partial charge in [0, 0.05) is 11.9 Å². The first-order valence-electron chi connectivity index (χ1n) is 4.83. The minimum atomic E-state index is -0.312. The van der Waals surface area contributed by atoms with Crippen molar-refractivity contribution in [1.29, 1.82) is 0 Å². The monoisotopic (exact) mass is 339 g/mol. The van der Waals surface area contributed by atoms with Gasteiger partial charge >= 0.3 is 0 Å². The number of rotatable bonds is 5. The molecule has 15 heavy (non-hydrogen) atoms. The Hall–Kier alpha value is -0.140. The van der Waals surface area contributed by atoms with E-state index >= 15 is 0 Å². The highest BCUT2D eigenvalue weighted by Crippen LogP contribution is 2.16. The lowest BCUT2D eigenvalue weighted by atomic mass is 10.2. The second kappa shape index (κ2) is 6.44. The molecular weight excluding hydrogens is 325 g/mol. The summed E-state index contributed by atoms with van der Waals surface area (Å²) in [6.07, 6.45) is 1.03. The van der Waals surface area contributed by atoms with Crippen LogP contribution < -0.4 is 5.32 Å². The Bertz CT molecular complexity index is 327. The van der Waals surface area contributed by atoms with E-state index < -0.39 is 0 Å². The van der Waals surface area contributed by atoms with Crippen molar-refractivity contribution in [2.75, 3.05) is 6.54 Å². The quantitative estimate of drug-likeness (QED) is 0.809. The van der Waals surface area contributed by atoms with Gasteiger partial charge in [-0.15, -0.1) is 11.3 Å². The molecule has 1 heterocycles. The van der Waals surface area contributed by atoms with Crippen LogP contribution in [0.4, 0.5) is 0 Å². The molecule has 1 aromatic heterocycles. The Morgan fingerprint density at radius 1 is 1.73 bits per heavy atom. The van der Waals surface area contributed by atoms with Gasteiger partial charge in [-0.2, -0.15) is 0 Å². The van der Waals surface area contributed by atoms with E-state index in [1.165, 1.54) is 0 Å². The first-order valence-corrected chi connectivity index (χ1v) is 6.79. The highest BCUT2D eigenvalue weighted by Gasteiger charge is 2.07. The fraction of sp³-hybridized carbons (Fsp3) is 0.500. The van der Waals surface area contributed by atoms with Crippen molar-refractivity contribution in [1.82, 2.24) is 5.32 Å². The third kappa shape index (κ3) is 4.48. The van der Waals surface area contributed by atoms with Gasteiger partial charge in [0.2, 0.25) is 0 Å². The maximum atomic E-state index is 11.5. The summed E-state index contributed by atoms with van der Waals surface area (Å²) >= 11 is 3.74. The lowest BCUT2D eigenvalue weighted by molar-refractivity contribution is 0.0942. The minimum Gasteiger partial charge on any atom is -0.393 e. The minimum absolute atomic E-state index is 0.0579. The number of hydrogen-bond acceptors (Lipinski definition) is 3. The summed E-state index contributed by atoms with van der Waals surface area (Å²) in [6, 6.07) is 1.86. The fourth-order valence-corrected chi connectivity index (χ4v) is 2.41. The standard InChI is InChI=1S/C10H14INO2S/c1-2-8(13)3-4-12-10(14)7-5-9(11)15-6-7/h5-6,8,13H,2-4H2,1H3,(H,12,14)/t8-/m0/s1. The lowest BCUT2D eigenvalue weighted by Crippen LogP contribution is -2.26. The Morgan fingerprint density at radius 2 is 2.47 bits per heavy atom. The number of nitrogens with one attached hydrogen (secondary N) is 1. The molecule has 1 amide bonds. The summed E-state index contributed by atoms with van der Waals surface area (Å²) in [6.45, 7) is 2.45. The van der Waals surface area contributed by atoms with Crippen LogP contribution in [0.15, 0.2) is 11.4 Å². The molecule has 0 spiro atoms. The van der Waals surface area contributed by atoms with Crippen LogP contribution in [0.1, 0.15) is 30.1 Å². The zero-order valence-electron chi connectivity index (χ0n) is 8.50. The first-order chi connectivity index (χ1) is 7.13. The van der Waals surface area contributed by atoms with Crippen LogP contribution in [0.25, 0.3) is 0 Å². The molecule has 3 nitrogen and oxygen atoms in total. The Morgan fingerprint density at radius 3 is 3.00 bits per heavy atom. The van der Waals surface area contributed by atoms with Crippen LogP contribution in [0, 0.1) is 2.88 Å². The molecule has 84 valence electrons. The van der Waals surface area contributed by atoms with Gasteiger partial charge in [0.1, 0.15) is 0 Å². The van der Waals surface area contributed by atoms with E-state index in [2.05, 4.69) is 27.9 Å². The van der Waals surface area contributed by atoms with Crippen molar-refractivity contribution in [3.05, 3.63) is 19.9 Å². The maximum Gasteiger partial charge on any atom is 0.252 e.